The summed E-state index contributed by atoms with van der Waals surface area (Å²) in [6.07, 6.45) is 1.88. The van der Waals surface area contributed by atoms with E-state index in [4.69, 9.17) is 4.74 Å². The van der Waals surface area contributed by atoms with Crippen LogP contribution in [0.2, 0.25) is 0 Å². The lowest BCUT2D eigenvalue weighted by molar-refractivity contribution is 0.00531. The normalized spacial score (nSPS) is 22.6. The average Bonchev–Trinajstić information content (AvgIpc) is 2.61. The molecule has 2 rings (SSSR count). The molecule has 0 bridgehead atoms. The molecular formula is C17H27NO2. The number of ether oxygens (including phenoxy) is 1. The predicted octanol–water partition coefficient (Wildman–Crippen LogP) is 3.08. The van der Waals surface area contributed by atoms with E-state index in [0.717, 1.165) is 5.75 Å². The van der Waals surface area contributed by atoms with Gasteiger partial charge in [-0.25, -0.2) is 0 Å². The van der Waals surface area contributed by atoms with Crippen LogP contribution in [0.3, 0.4) is 0 Å². The van der Waals surface area contributed by atoms with Crippen molar-refractivity contribution >= 4 is 0 Å². The zero-order valence-electron chi connectivity index (χ0n) is 13.1. The van der Waals surface area contributed by atoms with Crippen LogP contribution in [0.5, 0.6) is 5.75 Å². The summed E-state index contributed by atoms with van der Waals surface area (Å²) < 4.78 is 5.64. The van der Waals surface area contributed by atoms with Crippen molar-refractivity contribution in [1.29, 1.82) is 0 Å². The fourth-order valence-electron chi connectivity index (χ4n) is 3.17. The quantitative estimate of drug-likeness (QED) is 0.898. The number of β-amino-alcohol motifs (C(OH)–C–C–N with tert-alkyl or cyclic N) is 1. The second-order valence-electron chi connectivity index (χ2n) is 7.01. The van der Waals surface area contributed by atoms with Crippen molar-refractivity contribution in [3.63, 3.8) is 0 Å². The van der Waals surface area contributed by atoms with Crippen LogP contribution >= 0.6 is 0 Å². The molecule has 1 fully saturated rings. The molecule has 0 radical (unpaired) electrons. The smallest absolute Gasteiger partial charge is 0.119 e. The minimum atomic E-state index is -0.466. The lowest BCUT2D eigenvalue weighted by Gasteiger charge is -2.41. The van der Waals surface area contributed by atoms with Gasteiger partial charge in [-0.15, -0.1) is 0 Å². The Morgan fingerprint density at radius 2 is 1.65 bits per heavy atom. The Bertz CT molecular complexity index is 412. The summed E-state index contributed by atoms with van der Waals surface area (Å²) in [5.74, 6) is 0.812. The second kappa shape index (κ2) is 5.74. The molecule has 1 aliphatic rings. The molecule has 1 N–H and O–H groups in total. The molecule has 0 aromatic heterocycles. The van der Waals surface area contributed by atoms with Crippen LogP contribution in [-0.2, 0) is 0 Å². The van der Waals surface area contributed by atoms with E-state index in [1.807, 2.05) is 30.3 Å². The highest BCUT2D eigenvalue weighted by molar-refractivity contribution is 5.20. The van der Waals surface area contributed by atoms with E-state index in [1.165, 1.54) is 12.8 Å². The van der Waals surface area contributed by atoms with Gasteiger partial charge in [0.15, 0.2) is 0 Å². The molecule has 1 saturated heterocycles. The van der Waals surface area contributed by atoms with E-state index in [2.05, 4.69) is 32.6 Å². The SMILES string of the molecule is CC1(C)CCC(C)(C)N1CC(O)COc1ccccc1. The van der Waals surface area contributed by atoms with Gasteiger partial charge in [-0.2, -0.15) is 0 Å². The molecule has 1 atom stereocenters. The fourth-order valence-corrected chi connectivity index (χ4v) is 3.17. The summed E-state index contributed by atoms with van der Waals surface area (Å²) in [5, 5.41) is 10.3. The molecule has 0 amide bonds. The summed E-state index contributed by atoms with van der Waals surface area (Å²) in [6.45, 7) is 10.0. The van der Waals surface area contributed by atoms with Crippen molar-refractivity contribution < 1.29 is 9.84 Å². The number of aliphatic hydroxyl groups is 1. The van der Waals surface area contributed by atoms with Crippen molar-refractivity contribution in [2.45, 2.75) is 57.7 Å². The second-order valence-corrected chi connectivity index (χ2v) is 7.01. The van der Waals surface area contributed by atoms with Crippen molar-refractivity contribution in [3.05, 3.63) is 30.3 Å². The predicted molar refractivity (Wildman–Crippen MR) is 82.0 cm³/mol. The van der Waals surface area contributed by atoms with Gasteiger partial charge in [0.25, 0.3) is 0 Å². The van der Waals surface area contributed by atoms with Crippen molar-refractivity contribution in [2.24, 2.45) is 0 Å². The molecule has 112 valence electrons. The van der Waals surface area contributed by atoms with Gasteiger partial charge in [0.2, 0.25) is 0 Å². The summed E-state index contributed by atoms with van der Waals surface area (Å²) in [6, 6.07) is 9.66. The van der Waals surface area contributed by atoms with Crippen molar-refractivity contribution in [2.75, 3.05) is 13.2 Å². The van der Waals surface area contributed by atoms with Gasteiger partial charge in [0.1, 0.15) is 18.5 Å². The summed E-state index contributed by atoms with van der Waals surface area (Å²) >= 11 is 0. The van der Waals surface area contributed by atoms with Crippen LogP contribution in [0, 0.1) is 0 Å². The van der Waals surface area contributed by atoms with E-state index in [0.29, 0.717) is 13.2 Å². The fraction of sp³-hybridized carbons (Fsp3) is 0.647. The molecule has 3 nitrogen and oxygen atoms in total. The molecule has 3 heteroatoms. The van der Waals surface area contributed by atoms with E-state index < -0.39 is 6.10 Å². The summed E-state index contributed by atoms with van der Waals surface area (Å²) in [4.78, 5) is 2.42. The first kappa shape index (κ1) is 15.3. The zero-order valence-corrected chi connectivity index (χ0v) is 13.1. The van der Waals surface area contributed by atoms with Crippen LogP contribution in [0.25, 0.3) is 0 Å². The Morgan fingerprint density at radius 1 is 1.10 bits per heavy atom. The van der Waals surface area contributed by atoms with Crippen LogP contribution in [0.15, 0.2) is 30.3 Å². The van der Waals surface area contributed by atoms with Gasteiger partial charge in [0.05, 0.1) is 0 Å². The van der Waals surface area contributed by atoms with Gasteiger partial charge in [-0.1, -0.05) is 18.2 Å². The first-order valence-electron chi connectivity index (χ1n) is 7.45. The minimum Gasteiger partial charge on any atom is -0.491 e. The highest BCUT2D eigenvalue weighted by Crippen LogP contribution is 2.40. The van der Waals surface area contributed by atoms with Crippen LogP contribution in [0.4, 0.5) is 0 Å². The Hall–Kier alpha value is -1.06. The van der Waals surface area contributed by atoms with Crippen molar-refractivity contribution in [1.82, 2.24) is 4.90 Å². The Morgan fingerprint density at radius 3 is 2.20 bits per heavy atom. The molecule has 1 aliphatic heterocycles. The number of nitrogens with zero attached hydrogens (tertiary/aromatic N) is 1. The molecule has 0 spiro atoms. The van der Waals surface area contributed by atoms with Crippen molar-refractivity contribution in [3.8, 4) is 5.75 Å². The topological polar surface area (TPSA) is 32.7 Å². The van der Waals surface area contributed by atoms with E-state index in [9.17, 15) is 5.11 Å². The monoisotopic (exact) mass is 277 g/mol. The minimum absolute atomic E-state index is 0.150. The lowest BCUT2D eigenvalue weighted by atomic mass is 10.0. The molecule has 1 aromatic carbocycles. The zero-order chi connectivity index (χ0) is 14.8. The number of aliphatic hydroxyl groups excluding tert-OH is 1. The van der Waals surface area contributed by atoms with Gasteiger partial charge in [-0.3, -0.25) is 4.90 Å². The highest BCUT2D eigenvalue weighted by atomic mass is 16.5. The standard InChI is InChI=1S/C17H27NO2/c1-16(2)10-11-17(3,4)18(16)12-14(19)13-20-15-8-6-5-7-9-15/h5-9,14,19H,10-13H2,1-4H3. The number of hydrogen-bond acceptors (Lipinski definition) is 3. The third-order valence-electron chi connectivity index (χ3n) is 4.39. The Balaban J connectivity index is 1.89. The number of benzene rings is 1. The largest absolute Gasteiger partial charge is 0.491 e. The number of likely N-dealkylation sites (tertiary alicyclic amines) is 1. The molecule has 0 aliphatic carbocycles. The molecular weight excluding hydrogens is 250 g/mol. The first-order chi connectivity index (χ1) is 9.31. The highest BCUT2D eigenvalue weighted by Gasteiger charge is 2.44. The van der Waals surface area contributed by atoms with E-state index in [-0.39, 0.29) is 11.1 Å². The molecule has 1 heterocycles. The summed E-state index contributed by atoms with van der Waals surface area (Å²) in [5.41, 5.74) is 0.300. The number of para-hydroxylation sites is 1. The third kappa shape index (κ3) is 3.53. The van der Waals surface area contributed by atoms with Gasteiger partial charge in [0, 0.05) is 17.6 Å². The summed E-state index contributed by atoms with van der Waals surface area (Å²) in [7, 11) is 0. The Labute approximate surface area is 122 Å². The molecule has 20 heavy (non-hydrogen) atoms. The van der Waals surface area contributed by atoms with E-state index >= 15 is 0 Å². The Kier molecular flexibility index (Phi) is 4.40. The van der Waals surface area contributed by atoms with Gasteiger partial charge >= 0.3 is 0 Å². The van der Waals surface area contributed by atoms with Gasteiger partial charge in [-0.05, 0) is 52.7 Å². The van der Waals surface area contributed by atoms with E-state index in [1.54, 1.807) is 0 Å². The number of rotatable bonds is 5. The first-order valence-corrected chi connectivity index (χ1v) is 7.45. The maximum Gasteiger partial charge on any atom is 0.119 e. The maximum absolute atomic E-state index is 10.3. The maximum atomic E-state index is 10.3. The molecule has 0 saturated carbocycles. The van der Waals surface area contributed by atoms with Crippen LogP contribution in [-0.4, -0.2) is 40.3 Å². The lowest BCUT2D eigenvalue weighted by Crippen LogP contribution is -2.52. The molecule has 1 unspecified atom stereocenters. The average molecular weight is 277 g/mol. The third-order valence-corrected chi connectivity index (χ3v) is 4.39. The number of hydrogen-bond donors (Lipinski definition) is 1. The van der Waals surface area contributed by atoms with Crippen LogP contribution < -0.4 is 4.74 Å². The van der Waals surface area contributed by atoms with Gasteiger partial charge < -0.3 is 9.84 Å². The van der Waals surface area contributed by atoms with Crippen LogP contribution in [0.1, 0.15) is 40.5 Å². The molecule has 1 aromatic rings.